The van der Waals surface area contributed by atoms with Gasteiger partial charge in [0.1, 0.15) is 4.90 Å². The highest BCUT2D eigenvalue weighted by Crippen LogP contribution is 2.26. The van der Waals surface area contributed by atoms with Crippen LogP contribution < -0.4 is 5.73 Å². The minimum Gasteiger partial charge on any atom is -0.330 e. The lowest BCUT2D eigenvalue weighted by Crippen LogP contribution is -2.29. The van der Waals surface area contributed by atoms with Crippen molar-refractivity contribution < 1.29 is 8.42 Å². The van der Waals surface area contributed by atoms with E-state index in [0.29, 0.717) is 31.2 Å². The Morgan fingerprint density at radius 2 is 2.41 bits per heavy atom. The van der Waals surface area contributed by atoms with Crippen molar-refractivity contribution >= 4 is 10.0 Å². The number of nitrogens with two attached hydrogens (primary N) is 1. The molecule has 1 saturated heterocycles. The number of hydrogen-bond acceptors (Lipinski definition) is 4. The molecule has 0 amide bonds. The second-order valence-corrected chi connectivity index (χ2v) is 6.36. The average Bonchev–Trinajstić information content (AvgIpc) is 2.87. The lowest BCUT2D eigenvalue weighted by Gasteiger charge is -2.15. The molecule has 1 aromatic heterocycles. The lowest BCUT2D eigenvalue weighted by molar-refractivity contribution is 0.448. The standard InChI is InChI=1S/C10H18N4O2S/c1-8-10(6-12-13-8)17(15,16)14-5-3-9(7-14)2-4-11/h6,9H,2-5,7,11H2,1H3,(H,12,13). The summed E-state index contributed by atoms with van der Waals surface area (Å²) in [5, 5.41) is 6.42. The van der Waals surface area contributed by atoms with Gasteiger partial charge in [-0.25, -0.2) is 8.42 Å². The molecule has 17 heavy (non-hydrogen) atoms. The van der Waals surface area contributed by atoms with E-state index >= 15 is 0 Å². The Morgan fingerprint density at radius 1 is 1.65 bits per heavy atom. The minimum absolute atomic E-state index is 0.283. The highest BCUT2D eigenvalue weighted by molar-refractivity contribution is 7.89. The van der Waals surface area contributed by atoms with Crippen LogP contribution in [0.2, 0.25) is 0 Å². The van der Waals surface area contributed by atoms with Crippen LogP contribution in [0, 0.1) is 12.8 Å². The van der Waals surface area contributed by atoms with Crippen LogP contribution in [0.15, 0.2) is 11.1 Å². The van der Waals surface area contributed by atoms with Gasteiger partial charge in [0.25, 0.3) is 0 Å². The van der Waals surface area contributed by atoms with Crippen LogP contribution in [0.4, 0.5) is 0 Å². The summed E-state index contributed by atoms with van der Waals surface area (Å²) in [4.78, 5) is 0.283. The highest BCUT2D eigenvalue weighted by atomic mass is 32.2. The summed E-state index contributed by atoms with van der Waals surface area (Å²) in [6.07, 6.45) is 3.16. The molecule has 0 bridgehead atoms. The van der Waals surface area contributed by atoms with Crippen molar-refractivity contribution in [3.05, 3.63) is 11.9 Å². The van der Waals surface area contributed by atoms with Crippen molar-refractivity contribution in [2.24, 2.45) is 11.7 Å². The quantitative estimate of drug-likeness (QED) is 0.800. The molecule has 0 radical (unpaired) electrons. The minimum atomic E-state index is -3.38. The molecule has 7 heteroatoms. The Hall–Kier alpha value is -0.920. The maximum atomic E-state index is 12.3. The van der Waals surface area contributed by atoms with Gasteiger partial charge in [-0.1, -0.05) is 0 Å². The Labute approximate surface area is 101 Å². The van der Waals surface area contributed by atoms with E-state index in [1.165, 1.54) is 10.5 Å². The third kappa shape index (κ3) is 2.36. The molecule has 2 heterocycles. The van der Waals surface area contributed by atoms with E-state index in [2.05, 4.69) is 10.2 Å². The van der Waals surface area contributed by atoms with Crippen LogP contribution in [0.5, 0.6) is 0 Å². The second kappa shape index (κ2) is 4.75. The molecule has 1 aromatic rings. The zero-order valence-corrected chi connectivity index (χ0v) is 10.7. The van der Waals surface area contributed by atoms with E-state index in [1.807, 2.05) is 0 Å². The van der Waals surface area contributed by atoms with Crippen LogP contribution in [0.25, 0.3) is 0 Å². The SMILES string of the molecule is Cc1[nH]ncc1S(=O)(=O)N1CCC(CCN)C1. The molecule has 1 atom stereocenters. The third-order valence-corrected chi connectivity index (χ3v) is 5.20. The van der Waals surface area contributed by atoms with Crippen molar-refractivity contribution in [2.75, 3.05) is 19.6 Å². The normalized spacial score (nSPS) is 22.1. The number of hydrogen-bond donors (Lipinski definition) is 2. The molecule has 1 aliphatic heterocycles. The Kier molecular flexibility index (Phi) is 3.50. The lowest BCUT2D eigenvalue weighted by atomic mass is 10.1. The van der Waals surface area contributed by atoms with Gasteiger partial charge in [-0.3, -0.25) is 5.10 Å². The van der Waals surface area contributed by atoms with Crippen molar-refractivity contribution in [1.82, 2.24) is 14.5 Å². The Balaban J connectivity index is 2.16. The number of aromatic amines is 1. The molecule has 0 spiro atoms. The Bertz CT molecular complexity index is 482. The number of aryl methyl sites for hydroxylation is 1. The fraction of sp³-hybridized carbons (Fsp3) is 0.700. The summed E-state index contributed by atoms with van der Waals surface area (Å²) in [5.74, 6) is 0.391. The molecule has 2 rings (SSSR count). The summed E-state index contributed by atoms with van der Waals surface area (Å²) >= 11 is 0. The number of H-pyrrole nitrogens is 1. The molecule has 0 saturated carbocycles. The molecule has 6 nitrogen and oxygen atoms in total. The van der Waals surface area contributed by atoms with Gasteiger partial charge in [0, 0.05) is 13.1 Å². The number of sulfonamides is 1. The smallest absolute Gasteiger partial charge is 0.246 e. The van der Waals surface area contributed by atoms with Gasteiger partial charge in [-0.15, -0.1) is 0 Å². The third-order valence-electron chi connectivity index (χ3n) is 3.22. The van der Waals surface area contributed by atoms with Gasteiger partial charge in [0.15, 0.2) is 0 Å². The van der Waals surface area contributed by atoms with Crippen LogP contribution >= 0.6 is 0 Å². The molecule has 0 aliphatic carbocycles. The molecule has 0 aromatic carbocycles. The van der Waals surface area contributed by atoms with E-state index in [4.69, 9.17) is 5.73 Å². The summed E-state index contributed by atoms with van der Waals surface area (Å²) in [5.41, 5.74) is 6.09. The molecule has 1 fully saturated rings. The number of nitrogens with zero attached hydrogens (tertiary/aromatic N) is 2. The zero-order valence-electron chi connectivity index (χ0n) is 9.89. The fourth-order valence-electron chi connectivity index (χ4n) is 2.23. The number of aromatic nitrogens is 2. The van der Waals surface area contributed by atoms with E-state index < -0.39 is 10.0 Å². The largest absolute Gasteiger partial charge is 0.330 e. The summed E-state index contributed by atoms with van der Waals surface area (Å²) < 4.78 is 26.1. The van der Waals surface area contributed by atoms with Crippen molar-refractivity contribution in [3.63, 3.8) is 0 Å². The first-order valence-electron chi connectivity index (χ1n) is 5.76. The fourth-order valence-corrected chi connectivity index (χ4v) is 3.88. The molecule has 96 valence electrons. The highest BCUT2D eigenvalue weighted by Gasteiger charge is 2.33. The maximum Gasteiger partial charge on any atom is 0.246 e. The van der Waals surface area contributed by atoms with Gasteiger partial charge in [0.2, 0.25) is 10.0 Å². The monoisotopic (exact) mass is 258 g/mol. The van der Waals surface area contributed by atoms with Gasteiger partial charge >= 0.3 is 0 Å². The average molecular weight is 258 g/mol. The van der Waals surface area contributed by atoms with E-state index in [0.717, 1.165) is 12.8 Å². The van der Waals surface area contributed by atoms with E-state index in [9.17, 15) is 8.42 Å². The van der Waals surface area contributed by atoms with Gasteiger partial charge in [-0.05, 0) is 32.2 Å². The molecule has 1 aliphatic rings. The Morgan fingerprint density at radius 3 is 3.00 bits per heavy atom. The predicted molar refractivity (Wildman–Crippen MR) is 63.9 cm³/mol. The van der Waals surface area contributed by atoms with E-state index in [1.54, 1.807) is 6.92 Å². The number of rotatable bonds is 4. The van der Waals surface area contributed by atoms with Crippen LogP contribution in [0.1, 0.15) is 18.5 Å². The van der Waals surface area contributed by atoms with Gasteiger partial charge < -0.3 is 5.73 Å². The molecule has 1 unspecified atom stereocenters. The molecular weight excluding hydrogens is 240 g/mol. The van der Waals surface area contributed by atoms with Crippen molar-refractivity contribution in [3.8, 4) is 0 Å². The number of nitrogens with one attached hydrogen (secondary N) is 1. The van der Waals surface area contributed by atoms with Crippen LogP contribution in [-0.4, -0.2) is 42.6 Å². The first-order valence-corrected chi connectivity index (χ1v) is 7.20. The topological polar surface area (TPSA) is 92.1 Å². The van der Waals surface area contributed by atoms with E-state index in [-0.39, 0.29) is 4.90 Å². The summed E-state index contributed by atoms with van der Waals surface area (Å²) in [6, 6.07) is 0. The van der Waals surface area contributed by atoms with Gasteiger partial charge in [0.05, 0.1) is 11.9 Å². The zero-order chi connectivity index (χ0) is 12.5. The molecular formula is C10H18N4O2S. The first kappa shape index (κ1) is 12.5. The maximum absolute atomic E-state index is 12.3. The van der Waals surface area contributed by atoms with Crippen LogP contribution in [0.3, 0.4) is 0 Å². The first-order chi connectivity index (χ1) is 8.05. The van der Waals surface area contributed by atoms with Crippen molar-refractivity contribution in [1.29, 1.82) is 0 Å². The summed E-state index contributed by atoms with van der Waals surface area (Å²) in [7, 11) is -3.38. The van der Waals surface area contributed by atoms with Crippen LogP contribution in [-0.2, 0) is 10.0 Å². The van der Waals surface area contributed by atoms with Crippen molar-refractivity contribution in [2.45, 2.75) is 24.7 Å². The predicted octanol–water partition coefficient (Wildman–Crippen LogP) is 0.0775. The molecule has 3 N–H and O–H groups in total. The summed E-state index contributed by atoms with van der Waals surface area (Å²) in [6.45, 7) is 3.48. The van der Waals surface area contributed by atoms with Gasteiger partial charge in [-0.2, -0.15) is 9.40 Å². The second-order valence-electron chi connectivity index (χ2n) is 4.45.